The van der Waals surface area contributed by atoms with Crippen LogP contribution in [0.15, 0.2) is 70.4 Å². The standard InChI is InChI=1S/C19H16BrN5O3/c1-13(15-5-3-2-4-6-15)21-22-19(26)18-17(20)12-24(23-18)11-14-7-9-16(10-8-14)25(27)28/h2-10,12H,11H2,1H3,(H,22,26)/b21-13-. The van der Waals surface area contributed by atoms with Crippen molar-refractivity contribution in [3.63, 3.8) is 0 Å². The van der Waals surface area contributed by atoms with E-state index in [0.717, 1.165) is 11.1 Å². The Balaban J connectivity index is 1.69. The summed E-state index contributed by atoms with van der Waals surface area (Å²) in [6.45, 7) is 2.17. The molecule has 1 N–H and O–H groups in total. The number of non-ortho nitro benzene ring substituents is 1. The number of hydrogen-bond acceptors (Lipinski definition) is 5. The van der Waals surface area contributed by atoms with Crippen LogP contribution in [0.3, 0.4) is 0 Å². The molecule has 0 aliphatic rings. The Morgan fingerprint density at radius 2 is 1.89 bits per heavy atom. The molecular weight excluding hydrogens is 426 g/mol. The second-order valence-corrected chi connectivity index (χ2v) is 6.81. The minimum absolute atomic E-state index is 0.0251. The Bertz CT molecular complexity index is 1030. The predicted octanol–water partition coefficient (Wildman–Crippen LogP) is 3.76. The Labute approximate surface area is 169 Å². The molecule has 3 rings (SSSR count). The fraction of sp³-hybridized carbons (Fsp3) is 0.105. The van der Waals surface area contributed by atoms with Crippen molar-refractivity contribution in [2.45, 2.75) is 13.5 Å². The van der Waals surface area contributed by atoms with E-state index in [2.05, 4.69) is 31.6 Å². The van der Waals surface area contributed by atoms with E-state index >= 15 is 0 Å². The number of hydrogen-bond donors (Lipinski definition) is 1. The average molecular weight is 442 g/mol. The second kappa shape index (κ2) is 8.57. The number of rotatable bonds is 6. The molecule has 2 aromatic carbocycles. The van der Waals surface area contributed by atoms with Gasteiger partial charge in [-0.05, 0) is 34.0 Å². The highest BCUT2D eigenvalue weighted by Crippen LogP contribution is 2.17. The highest BCUT2D eigenvalue weighted by atomic mass is 79.9. The fourth-order valence-electron chi connectivity index (χ4n) is 2.47. The SMILES string of the molecule is C/C(=N/NC(=O)c1nn(Cc2ccc([N+](=O)[O-])cc2)cc1Br)c1ccccc1. The first-order chi connectivity index (χ1) is 13.4. The fourth-order valence-corrected chi connectivity index (χ4v) is 2.97. The molecule has 1 heterocycles. The molecular formula is C19H16BrN5O3. The summed E-state index contributed by atoms with van der Waals surface area (Å²) in [5.41, 5.74) is 5.14. The van der Waals surface area contributed by atoms with Crippen molar-refractivity contribution in [1.29, 1.82) is 0 Å². The molecule has 0 atom stereocenters. The summed E-state index contributed by atoms with van der Waals surface area (Å²) < 4.78 is 2.10. The summed E-state index contributed by atoms with van der Waals surface area (Å²) in [4.78, 5) is 22.7. The molecule has 28 heavy (non-hydrogen) atoms. The maximum absolute atomic E-state index is 12.4. The summed E-state index contributed by atoms with van der Waals surface area (Å²) >= 11 is 3.33. The van der Waals surface area contributed by atoms with E-state index in [4.69, 9.17) is 0 Å². The molecule has 9 heteroatoms. The zero-order valence-corrected chi connectivity index (χ0v) is 16.5. The largest absolute Gasteiger partial charge is 0.293 e. The first-order valence-corrected chi connectivity index (χ1v) is 9.09. The lowest BCUT2D eigenvalue weighted by molar-refractivity contribution is -0.384. The Morgan fingerprint density at radius 3 is 2.54 bits per heavy atom. The molecule has 8 nitrogen and oxygen atoms in total. The van der Waals surface area contributed by atoms with Crippen LogP contribution in [0.25, 0.3) is 0 Å². The Kier molecular flexibility index (Phi) is 5.95. The molecule has 0 radical (unpaired) electrons. The number of hydrazone groups is 1. The van der Waals surface area contributed by atoms with Crippen LogP contribution in [0, 0.1) is 10.1 Å². The zero-order chi connectivity index (χ0) is 20.1. The van der Waals surface area contributed by atoms with Gasteiger partial charge in [0.05, 0.1) is 21.7 Å². The van der Waals surface area contributed by atoms with Crippen molar-refractivity contribution in [3.8, 4) is 0 Å². The van der Waals surface area contributed by atoms with Crippen molar-refractivity contribution in [3.05, 3.63) is 92.2 Å². The molecule has 3 aromatic rings. The number of nitrogens with zero attached hydrogens (tertiary/aromatic N) is 4. The topological polar surface area (TPSA) is 102 Å². The van der Waals surface area contributed by atoms with Crippen molar-refractivity contribution >= 4 is 33.2 Å². The highest BCUT2D eigenvalue weighted by molar-refractivity contribution is 9.10. The van der Waals surface area contributed by atoms with E-state index in [0.29, 0.717) is 16.7 Å². The number of carbonyl (C=O) groups excluding carboxylic acids is 1. The van der Waals surface area contributed by atoms with Crippen LogP contribution in [0.5, 0.6) is 0 Å². The van der Waals surface area contributed by atoms with Crippen LogP contribution in [-0.4, -0.2) is 26.3 Å². The minimum atomic E-state index is -0.450. The monoisotopic (exact) mass is 441 g/mol. The van der Waals surface area contributed by atoms with Crippen LogP contribution in [0.1, 0.15) is 28.5 Å². The number of benzene rings is 2. The third-order valence-electron chi connectivity index (χ3n) is 3.94. The van der Waals surface area contributed by atoms with Gasteiger partial charge in [-0.2, -0.15) is 10.2 Å². The van der Waals surface area contributed by atoms with Crippen LogP contribution in [-0.2, 0) is 6.54 Å². The quantitative estimate of drug-likeness (QED) is 0.357. The van der Waals surface area contributed by atoms with Gasteiger partial charge in [0, 0.05) is 18.3 Å². The van der Waals surface area contributed by atoms with Gasteiger partial charge < -0.3 is 0 Å². The number of halogens is 1. The number of nitro benzene ring substituents is 1. The zero-order valence-electron chi connectivity index (χ0n) is 14.9. The van der Waals surface area contributed by atoms with Gasteiger partial charge in [0.1, 0.15) is 0 Å². The molecule has 0 unspecified atom stereocenters. The lowest BCUT2D eigenvalue weighted by atomic mass is 10.1. The number of nitro groups is 1. The van der Waals surface area contributed by atoms with E-state index in [-0.39, 0.29) is 11.4 Å². The second-order valence-electron chi connectivity index (χ2n) is 5.95. The molecule has 0 saturated carbocycles. The van der Waals surface area contributed by atoms with Crippen LogP contribution in [0.2, 0.25) is 0 Å². The normalized spacial score (nSPS) is 11.3. The maximum Gasteiger partial charge on any atom is 0.293 e. The molecule has 0 spiro atoms. The lowest BCUT2D eigenvalue weighted by Gasteiger charge is -2.02. The van der Waals surface area contributed by atoms with Crippen molar-refractivity contribution in [2.75, 3.05) is 0 Å². The summed E-state index contributed by atoms with van der Waals surface area (Å²) in [6, 6.07) is 15.7. The van der Waals surface area contributed by atoms with Gasteiger partial charge in [0.15, 0.2) is 5.69 Å². The average Bonchev–Trinajstić information content (AvgIpc) is 3.07. The van der Waals surface area contributed by atoms with Gasteiger partial charge in [-0.15, -0.1) is 0 Å². The van der Waals surface area contributed by atoms with E-state index in [1.165, 1.54) is 12.1 Å². The Hall–Kier alpha value is -3.33. The third-order valence-corrected chi connectivity index (χ3v) is 4.52. The maximum atomic E-state index is 12.4. The molecule has 0 aliphatic heterocycles. The van der Waals surface area contributed by atoms with Crippen molar-refractivity contribution < 1.29 is 9.72 Å². The van der Waals surface area contributed by atoms with Gasteiger partial charge >= 0.3 is 0 Å². The van der Waals surface area contributed by atoms with Crippen molar-refractivity contribution in [1.82, 2.24) is 15.2 Å². The molecule has 1 aromatic heterocycles. The molecule has 1 amide bonds. The van der Waals surface area contributed by atoms with E-state index in [1.54, 1.807) is 29.9 Å². The van der Waals surface area contributed by atoms with Crippen molar-refractivity contribution in [2.24, 2.45) is 5.10 Å². The predicted molar refractivity (Wildman–Crippen MR) is 108 cm³/mol. The molecule has 0 aliphatic carbocycles. The third kappa shape index (κ3) is 4.68. The molecule has 0 saturated heterocycles. The first-order valence-electron chi connectivity index (χ1n) is 8.30. The van der Waals surface area contributed by atoms with Gasteiger partial charge in [-0.1, -0.05) is 42.5 Å². The van der Waals surface area contributed by atoms with E-state index in [9.17, 15) is 14.9 Å². The molecule has 142 valence electrons. The lowest BCUT2D eigenvalue weighted by Crippen LogP contribution is -2.20. The number of carbonyl (C=O) groups is 1. The first kappa shape index (κ1) is 19.4. The van der Waals surface area contributed by atoms with E-state index < -0.39 is 10.8 Å². The van der Waals surface area contributed by atoms with Gasteiger partial charge in [0.25, 0.3) is 11.6 Å². The van der Waals surface area contributed by atoms with Crippen LogP contribution in [0.4, 0.5) is 5.69 Å². The minimum Gasteiger partial charge on any atom is -0.266 e. The van der Waals surface area contributed by atoms with Gasteiger partial charge in [-0.25, -0.2) is 5.43 Å². The van der Waals surface area contributed by atoms with Gasteiger partial charge in [-0.3, -0.25) is 19.6 Å². The smallest absolute Gasteiger partial charge is 0.266 e. The van der Waals surface area contributed by atoms with Crippen LogP contribution < -0.4 is 5.43 Å². The number of amides is 1. The summed E-state index contributed by atoms with van der Waals surface area (Å²) in [7, 11) is 0. The summed E-state index contributed by atoms with van der Waals surface area (Å²) in [5, 5.41) is 19.1. The molecule has 0 bridgehead atoms. The van der Waals surface area contributed by atoms with E-state index in [1.807, 2.05) is 30.3 Å². The molecule has 0 fully saturated rings. The number of aromatic nitrogens is 2. The Morgan fingerprint density at radius 1 is 1.21 bits per heavy atom. The van der Waals surface area contributed by atoms with Crippen LogP contribution >= 0.6 is 15.9 Å². The van der Waals surface area contributed by atoms with Gasteiger partial charge in [0.2, 0.25) is 0 Å². The number of nitrogens with one attached hydrogen (secondary N) is 1. The summed E-state index contributed by atoms with van der Waals surface area (Å²) in [6.07, 6.45) is 1.67. The summed E-state index contributed by atoms with van der Waals surface area (Å²) in [5.74, 6) is -0.440. The highest BCUT2D eigenvalue weighted by Gasteiger charge is 2.15.